The molecule has 0 saturated carbocycles. The molecular weight excluding hydrogens is 410 g/mol. The van der Waals surface area contributed by atoms with E-state index in [0.717, 1.165) is 0 Å². The molecule has 10 N–H and O–H groups in total. The minimum absolute atomic E-state index is 0.0900. The summed E-state index contributed by atoms with van der Waals surface area (Å²) in [7, 11) is 1.26. The quantitative estimate of drug-likeness (QED) is 0.126. The molecule has 0 amide bonds. The zero-order valence-corrected chi connectivity index (χ0v) is 17.1. The maximum Gasteiger partial charge on any atom is 0.325 e. The summed E-state index contributed by atoms with van der Waals surface area (Å²) in [6.45, 7) is 1.43. The number of phenols is 4. The van der Waals surface area contributed by atoms with Gasteiger partial charge >= 0.3 is 11.9 Å². The molecule has 0 saturated heterocycles. The summed E-state index contributed by atoms with van der Waals surface area (Å²) in [5.41, 5.74) is 7.64. The Labute approximate surface area is 178 Å². The minimum atomic E-state index is -1.32. The molecule has 0 aliphatic carbocycles. The molecule has 31 heavy (non-hydrogen) atoms. The number of ether oxygens (including phenoxy) is 1. The third kappa shape index (κ3) is 7.33. The van der Waals surface area contributed by atoms with Crippen LogP contribution in [0.3, 0.4) is 0 Å². The van der Waals surface area contributed by atoms with E-state index >= 15 is 0 Å². The first kappa shape index (κ1) is 25.5. The highest BCUT2D eigenvalue weighted by molar-refractivity contribution is 5.78. The van der Waals surface area contributed by atoms with Crippen LogP contribution in [0.1, 0.15) is 18.1 Å². The lowest BCUT2D eigenvalue weighted by Crippen LogP contribution is -2.54. The van der Waals surface area contributed by atoms with Crippen LogP contribution in [0.5, 0.6) is 23.0 Å². The Morgan fingerprint density at radius 3 is 1.90 bits per heavy atom. The van der Waals surface area contributed by atoms with Crippen molar-refractivity contribution in [2.24, 2.45) is 11.6 Å². The van der Waals surface area contributed by atoms with Gasteiger partial charge in [0, 0.05) is 6.42 Å². The highest BCUT2D eigenvalue weighted by Crippen LogP contribution is 2.27. The van der Waals surface area contributed by atoms with E-state index in [1.807, 2.05) is 0 Å². The van der Waals surface area contributed by atoms with Crippen LogP contribution in [0.15, 0.2) is 36.4 Å². The molecule has 0 bridgehead atoms. The van der Waals surface area contributed by atoms with Crippen molar-refractivity contribution in [1.29, 1.82) is 0 Å². The number of methoxy groups -OCH3 is 1. The standard InChI is InChI=1S/C10H14N2O4.C10H13NO4/c1-10(12-11,9(15)16)5-6-2-3-7(13)8(14)4-6;1-15-10(14)7(11)4-6-2-3-8(12)9(13)5-6/h2-4,12-14H,5,11H2,1H3,(H,15,16);2-3,5,7,12-13H,4,11H2,1H3/t10-;7-/m00/s1. The van der Waals surface area contributed by atoms with Gasteiger partial charge in [0.15, 0.2) is 23.0 Å². The number of phenolic OH excluding ortho intramolecular Hbond substituents is 4. The van der Waals surface area contributed by atoms with E-state index in [2.05, 4.69) is 10.2 Å². The summed E-state index contributed by atoms with van der Waals surface area (Å²) in [6, 6.07) is 7.63. The molecule has 0 radical (unpaired) electrons. The third-order valence-electron chi connectivity index (χ3n) is 4.39. The fourth-order valence-corrected chi connectivity index (χ4v) is 2.46. The predicted octanol–water partition coefficient (Wildman–Crippen LogP) is 0.0875. The highest BCUT2D eigenvalue weighted by atomic mass is 16.5. The fourth-order valence-electron chi connectivity index (χ4n) is 2.46. The molecule has 0 heterocycles. The lowest BCUT2D eigenvalue weighted by atomic mass is 9.93. The molecule has 2 atom stereocenters. The molecule has 0 unspecified atom stereocenters. The summed E-state index contributed by atoms with van der Waals surface area (Å²) in [5, 5.41) is 45.6. The van der Waals surface area contributed by atoms with Gasteiger partial charge in [-0.1, -0.05) is 12.1 Å². The summed E-state index contributed by atoms with van der Waals surface area (Å²) in [6.07, 6.45) is 0.340. The van der Waals surface area contributed by atoms with E-state index < -0.39 is 23.5 Å². The van der Waals surface area contributed by atoms with Gasteiger partial charge in [-0.3, -0.25) is 15.4 Å². The van der Waals surface area contributed by atoms with Crippen LogP contribution in [0.2, 0.25) is 0 Å². The number of hydrogen-bond donors (Lipinski definition) is 8. The molecule has 170 valence electrons. The van der Waals surface area contributed by atoms with E-state index in [9.17, 15) is 19.8 Å². The fraction of sp³-hybridized carbons (Fsp3) is 0.300. The summed E-state index contributed by atoms with van der Waals surface area (Å²) >= 11 is 0. The Kier molecular flexibility index (Phi) is 9.06. The van der Waals surface area contributed by atoms with Gasteiger partial charge < -0.3 is 36.0 Å². The molecule has 0 aliphatic rings. The number of carboxylic acids is 1. The van der Waals surface area contributed by atoms with Crippen LogP contribution in [0.25, 0.3) is 0 Å². The molecule has 2 aromatic rings. The van der Waals surface area contributed by atoms with E-state index in [1.54, 1.807) is 6.07 Å². The number of aliphatic carboxylic acids is 1. The van der Waals surface area contributed by atoms with Crippen molar-refractivity contribution in [3.8, 4) is 23.0 Å². The Balaban J connectivity index is 0.000000311. The van der Waals surface area contributed by atoms with Crippen molar-refractivity contribution < 1.29 is 39.9 Å². The molecule has 0 aliphatic heterocycles. The molecule has 11 heteroatoms. The van der Waals surface area contributed by atoms with Crippen molar-refractivity contribution in [2.75, 3.05) is 7.11 Å². The molecule has 11 nitrogen and oxygen atoms in total. The monoisotopic (exact) mass is 437 g/mol. The van der Waals surface area contributed by atoms with E-state index in [-0.39, 0.29) is 35.8 Å². The highest BCUT2D eigenvalue weighted by Gasteiger charge is 2.32. The van der Waals surface area contributed by atoms with Crippen LogP contribution in [0.4, 0.5) is 0 Å². The molecule has 0 aromatic heterocycles. The molecule has 2 aromatic carbocycles. The lowest BCUT2D eigenvalue weighted by molar-refractivity contribution is -0.144. The number of aromatic hydroxyl groups is 4. The average molecular weight is 437 g/mol. The number of hydrazine groups is 1. The third-order valence-corrected chi connectivity index (χ3v) is 4.39. The van der Waals surface area contributed by atoms with Crippen LogP contribution < -0.4 is 17.0 Å². The maximum absolute atomic E-state index is 11.0. The SMILES string of the molecule is COC(=O)[C@@H](N)Cc1ccc(O)c(O)c1.C[C@@](Cc1ccc(O)c(O)c1)(NN)C(=O)O. The zero-order chi connectivity index (χ0) is 23.8. The summed E-state index contributed by atoms with van der Waals surface area (Å²) in [5.74, 6) is 2.60. The number of benzene rings is 2. The normalized spacial score (nSPS) is 13.3. The Hall–Kier alpha value is -3.54. The average Bonchev–Trinajstić information content (AvgIpc) is 2.73. The summed E-state index contributed by atoms with van der Waals surface area (Å²) in [4.78, 5) is 22.0. The van der Waals surface area contributed by atoms with Crippen molar-refractivity contribution in [3.05, 3.63) is 47.5 Å². The van der Waals surface area contributed by atoms with Gasteiger partial charge in [0.1, 0.15) is 11.6 Å². The van der Waals surface area contributed by atoms with Gasteiger partial charge in [-0.15, -0.1) is 0 Å². The Morgan fingerprint density at radius 2 is 1.48 bits per heavy atom. The van der Waals surface area contributed by atoms with Crippen molar-refractivity contribution in [3.63, 3.8) is 0 Å². The Morgan fingerprint density at radius 1 is 1.00 bits per heavy atom. The number of rotatable bonds is 7. The first-order chi connectivity index (χ1) is 14.4. The molecule has 2 rings (SSSR count). The number of esters is 1. The van der Waals surface area contributed by atoms with E-state index in [0.29, 0.717) is 11.1 Å². The van der Waals surface area contributed by atoms with E-state index in [1.165, 1.54) is 44.4 Å². The number of nitrogens with two attached hydrogens (primary N) is 2. The van der Waals surface area contributed by atoms with Gasteiger partial charge in [0.25, 0.3) is 0 Å². The van der Waals surface area contributed by atoms with Gasteiger partial charge in [-0.25, -0.2) is 5.43 Å². The topological polar surface area (TPSA) is 209 Å². The molecule has 0 fully saturated rings. The maximum atomic E-state index is 11.0. The van der Waals surface area contributed by atoms with Gasteiger partial charge in [-0.2, -0.15) is 0 Å². The van der Waals surface area contributed by atoms with Crippen LogP contribution >= 0.6 is 0 Å². The van der Waals surface area contributed by atoms with Crippen LogP contribution in [-0.4, -0.2) is 56.2 Å². The Bertz CT molecular complexity index is 921. The van der Waals surface area contributed by atoms with Crippen molar-refractivity contribution >= 4 is 11.9 Å². The smallest absolute Gasteiger partial charge is 0.325 e. The number of carboxylic acid groups (broad SMARTS) is 1. The van der Waals surface area contributed by atoms with Crippen LogP contribution in [0, 0.1) is 0 Å². The number of hydrogen-bond acceptors (Lipinski definition) is 10. The van der Waals surface area contributed by atoms with Crippen molar-refractivity contribution in [2.45, 2.75) is 31.3 Å². The van der Waals surface area contributed by atoms with Crippen LogP contribution in [-0.2, 0) is 27.2 Å². The second-order valence-corrected chi connectivity index (χ2v) is 6.94. The second-order valence-electron chi connectivity index (χ2n) is 6.94. The van der Waals surface area contributed by atoms with Gasteiger partial charge in [-0.05, 0) is 48.7 Å². The first-order valence-corrected chi connectivity index (χ1v) is 8.99. The first-order valence-electron chi connectivity index (χ1n) is 8.99. The van der Waals surface area contributed by atoms with Gasteiger partial charge in [0.05, 0.1) is 7.11 Å². The zero-order valence-electron chi connectivity index (χ0n) is 17.1. The second kappa shape index (κ2) is 11.0. The van der Waals surface area contributed by atoms with Gasteiger partial charge in [0.2, 0.25) is 0 Å². The number of carbonyl (C=O) groups excluding carboxylic acids is 1. The lowest BCUT2D eigenvalue weighted by Gasteiger charge is -2.23. The number of carbonyl (C=O) groups is 2. The molecular formula is C20H27N3O8. The minimum Gasteiger partial charge on any atom is -0.504 e. The number of nitrogens with one attached hydrogen (secondary N) is 1. The van der Waals surface area contributed by atoms with Crippen molar-refractivity contribution in [1.82, 2.24) is 5.43 Å². The molecule has 0 spiro atoms. The predicted molar refractivity (Wildman–Crippen MR) is 110 cm³/mol. The largest absolute Gasteiger partial charge is 0.504 e. The summed E-state index contributed by atoms with van der Waals surface area (Å²) < 4.78 is 4.46. The van der Waals surface area contributed by atoms with E-state index in [4.69, 9.17) is 26.9 Å².